The Bertz CT molecular complexity index is 905. The van der Waals surface area contributed by atoms with E-state index in [-0.39, 0.29) is 0 Å². The maximum Gasteiger partial charge on any atom is 0.0709 e. The molecule has 0 bridgehead atoms. The molecule has 4 aromatic rings. The summed E-state index contributed by atoms with van der Waals surface area (Å²) in [6.07, 6.45) is 0. The second-order valence-corrected chi connectivity index (χ2v) is 4.95. The molecule has 0 fully saturated rings. The van der Waals surface area contributed by atoms with E-state index in [2.05, 4.69) is 60.7 Å². The van der Waals surface area contributed by atoms with Crippen molar-refractivity contribution in [3.05, 3.63) is 72.8 Å². The molecule has 0 amide bonds. The van der Waals surface area contributed by atoms with Gasteiger partial charge in [-0.15, -0.1) is 0 Å². The van der Waals surface area contributed by atoms with E-state index < -0.39 is 0 Å². The second kappa shape index (κ2) is 4.14. The minimum atomic E-state index is 1.06. The van der Waals surface area contributed by atoms with Gasteiger partial charge >= 0.3 is 0 Å². The number of aromatic nitrogens is 1. The number of para-hydroxylation sites is 1. The maximum atomic E-state index is 6.24. The van der Waals surface area contributed by atoms with E-state index in [1.54, 1.807) is 4.68 Å². The second-order valence-electron chi connectivity index (χ2n) is 4.95. The van der Waals surface area contributed by atoms with Crippen molar-refractivity contribution in [2.75, 3.05) is 5.84 Å². The average molecular weight is 258 g/mol. The van der Waals surface area contributed by atoms with Crippen LogP contribution in [-0.4, -0.2) is 4.68 Å². The Morgan fingerprint density at radius 3 is 2.20 bits per heavy atom. The van der Waals surface area contributed by atoms with E-state index in [4.69, 9.17) is 5.84 Å². The van der Waals surface area contributed by atoms with Gasteiger partial charge in [0, 0.05) is 10.8 Å². The summed E-state index contributed by atoms with van der Waals surface area (Å²) in [6, 6.07) is 25.0. The van der Waals surface area contributed by atoms with Crippen LogP contribution in [0.1, 0.15) is 0 Å². The first-order valence-corrected chi connectivity index (χ1v) is 6.69. The molecule has 2 nitrogen and oxygen atoms in total. The van der Waals surface area contributed by atoms with E-state index in [9.17, 15) is 0 Å². The average Bonchev–Trinajstić information content (AvgIpc) is 2.82. The molecule has 1 aromatic heterocycles. The van der Waals surface area contributed by atoms with Gasteiger partial charge in [-0.1, -0.05) is 60.7 Å². The number of rotatable bonds is 1. The van der Waals surface area contributed by atoms with Crippen LogP contribution in [0.15, 0.2) is 72.8 Å². The molecule has 0 saturated carbocycles. The molecule has 2 heteroatoms. The number of hydrogen-bond donors (Lipinski definition) is 1. The molecular formula is C18H14N2. The van der Waals surface area contributed by atoms with Crippen molar-refractivity contribution in [3.8, 4) is 11.1 Å². The van der Waals surface area contributed by atoms with Crippen LogP contribution in [0, 0.1) is 0 Å². The third kappa shape index (κ3) is 1.45. The van der Waals surface area contributed by atoms with Crippen molar-refractivity contribution in [1.82, 2.24) is 4.68 Å². The Hall–Kier alpha value is -2.74. The van der Waals surface area contributed by atoms with Gasteiger partial charge in [-0.3, -0.25) is 4.68 Å². The van der Waals surface area contributed by atoms with E-state index in [0.717, 1.165) is 11.0 Å². The molecule has 2 N–H and O–H groups in total. The maximum absolute atomic E-state index is 6.24. The summed E-state index contributed by atoms with van der Waals surface area (Å²) >= 11 is 0. The van der Waals surface area contributed by atoms with Crippen molar-refractivity contribution in [2.24, 2.45) is 0 Å². The topological polar surface area (TPSA) is 30.9 Å². The lowest BCUT2D eigenvalue weighted by Gasteiger charge is -2.04. The predicted octanol–water partition coefficient (Wildman–Crippen LogP) is 4.18. The fraction of sp³-hybridized carbons (Fsp3) is 0. The largest absolute Gasteiger partial charge is 0.339 e. The number of benzene rings is 3. The van der Waals surface area contributed by atoms with Crippen LogP contribution in [-0.2, 0) is 0 Å². The number of fused-ring (bicyclic) bond motifs is 3. The van der Waals surface area contributed by atoms with E-state index in [0.29, 0.717) is 0 Å². The number of nitrogen functional groups attached to an aromatic ring is 1. The van der Waals surface area contributed by atoms with Crippen LogP contribution in [0.4, 0.5) is 0 Å². The van der Waals surface area contributed by atoms with E-state index in [1.807, 2.05) is 12.1 Å². The summed E-state index contributed by atoms with van der Waals surface area (Å²) in [7, 11) is 0. The van der Waals surface area contributed by atoms with Gasteiger partial charge in [0.15, 0.2) is 0 Å². The number of nitrogens with two attached hydrogens (primary N) is 1. The minimum Gasteiger partial charge on any atom is -0.339 e. The SMILES string of the molecule is Nn1c2ccccc2c2c(-c3ccccc3)cccc21. The number of nitrogens with zero attached hydrogens (tertiary/aromatic N) is 1. The molecule has 0 unspecified atom stereocenters. The Morgan fingerprint density at radius 1 is 0.650 bits per heavy atom. The van der Waals surface area contributed by atoms with Gasteiger partial charge in [0.25, 0.3) is 0 Å². The fourth-order valence-corrected chi connectivity index (χ4v) is 2.91. The summed E-state index contributed by atoms with van der Waals surface area (Å²) in [4.78, 5) is 0. The first-order chi connectivity index (χ1) is 9.86. The lowest BCUT2D eigenvalue weighted by atomic mass is 10.00. The van der Waals surface area contributed by atoms with Gasteiger partial charge in [0.05, 0.1) is 11.0 Å². The molecule has 0 saturated heterocycles. The van der Waals surface area contributed by atoms with Crippen molar-refractivity contribution >= 4 is 21.8 Å². The molecule has 3 aromatic carbocycles. The minimum absolute atomic E-state index is 1.06. The lowest BCUT2D eigenvalue weighted by Crippen LogP contribution is -2.06. The summed E-state index contributed by atoms with van der Waals surface area (Å²) in [5, 5.41) is 2.42. The zero-order valence-electron chi connectivity index (χ0n) is 11.0. The van der Waals surface area contributed by atoms with Gasteiger partial charge in [-0.2, -0.15) is 0 Å². The molecule has 0 aliphatic carbocycles. The summed E-state index contributed by atoms with van der Waals surface area (Å²) in [5.41, 5.74) is 4.57. The van der Waals surface area contributed by atoms with Crippen LogP contribution in [0.2, 0.25) is 0 Å². The molecule has 96 valence electrons. The van der Waals surface area contributed by atoms with Crippen molar-refractivity contribution in [3.63, 3.8) is 0 Å². The van der Waals surface area contributed by atoms with Crippen molar-refractivity contribution in [1.29, 1.82) is 0 Å². The smallest absolute Gasteiger partial charge is 0.0709 e. The van der Waals surface area contributed by atoms with Crippen LogP contribution in [0.5, 0.6) is 0 Å². The third-order valence-electron chi connectivity index (χ3n) is 3.82. The molecule has 0 spiro atoms. The molecule has 0 aliphatic heterocycles. The fourth-order valence-electron chi connectivity index (χ4n) is 2.91. The molecule has 0 atom stereocenters. The van der Waals surface area contributed by atoms with E-state index in [1.165, 1.54) is 21.9 Å². The highest BCUT2D eigenvalue weighted by atomic mass is 15.3. The first-order valence-electron chi connectivity index (χ1n) is 6.69. The Kier molecular flexibility index (Phi) is 2.30. The molecule has 0 aliphatic rings. The van der Waals surface area contributed by atoms with Crippen LogP contribution in [0.3, 0.4) is 0 Å². The first kappa shape index (κ1) is 11.1. The molecule has 4 rings (SSSR count). The quantitative estimate of drug-likeness (QED) is 0.510. The molecular weight excluding hydrogens is 244 g/mol. The Labute approximate surface area is 117 Å². The highest BCUT2D eigenvalue weighted by Gasteiger charge is 2.12. The zero-order chi connectivity index (χ0) is 13.5. The van der Waals surface area contributed by atoms with Gasteiger partial charge < -0.3 is 5.84 Å². The van der Waals surface area contributed by atoms with Gasteiger partial charge in [0.2, 0.25) is 0 Å². The highest BCUT2D eigenvalue weighted by Crippen LogP contribution is 2.35. The third-order valence-corrected chi connectivity index (χ3v) is 3.82. The van der Waals surface area contributed by atoms with Gasteiger partial charge in [0.1, 0.15) is 0 Å². The van der Waals surface area contributed by atoms with Crippen LogP contribution >= 0.6 is 0 Å². The van der Waals surface area contributed by atoms with E-state index >= 15 is 0 Å². The Balaban J connectivity index is 2.21. The molecule has 1 heterocycles. The lowest BCUT2D eigenvalue weighted by molar-refractivity contribution is 1.12. The standard InChI is InChI=1S/C18H14N2/c19-20-16-11-5-4-9-15(16)18-14(10-6-12-17(18)20)13-7-2-1-3-8-13/h1-12H,19H2. The molecule has 20 heavy (non-hydrogen) atoms. The number of hydrogen-bond acceptors (Lipinski definition) is 1. The summed E-state index contributed by atoms with van der Waals surface area (Å²) in [6.45, 7) is 0. The zero-order valence-corrected chi connectivity index (χ0v) is 11.0. The van der Waals surface area contributed by atoms with Crippen molar-refractivity contribution < 1.29 is 0 Å². The van der Waals surface area contributed by atoms with Crippen LogP contribution in [0.25, 0.3) is 32.9 Å². The molecule has 0 radical (unpaired) electrons. The predicted molar refractivity (Wildman–Crippen MR) is 85.0 cm³/mol. The van der Waals surface area contributed by atoms with Gasteiger partial charge in [-0.25, -0.2) is 0 Å². The van der Waals surface area contributed by atoms with Crippen LogP contribution < -0.4 is 5.84 Å². The summed E-state index contributed by atoms with van der Waals surface area (Å²) < 4.78 is 1.77. The Morgan fingerprint density at radius 2 is 1.35 bits per heavy atom. The highest BCUT2D eigenvalue weighted by molar-refractivity contribution is 6.14. The van der Waals surface area contributed by atoms with Crippen molar-refractivity contribution in [2.45, 2.75) is 0 Å². The monoisotopic (exact) mass is 258 g/mol. The summed E-state index contributed by atoms with van der Waals surface area (Å²) in [5.74, 6) is 6.24. The van der Waals surface area contributed by atoms with Gasteiger partial charge in [-0.05, 0) is 23.3 Å². The normalized spacial score (nSPS) is 11.2.